The molecule has 0 spiro atoms. The van der Waals surface area contributed by atoms with E-state index in [2.05, 4.69) is 14.7 Å². The molecule has 0 bridgehead atoms. The van der Waals surface area contributed by atoms with E-state index in [1.807, 2.05) is 12.1 Å². The van der Waals surface area contributed by atoms with Crippen LogP contribution in [-0.4, -0.2) is 15.4 Å². The molecule has 3 rings (SSSR count). The predicted molar refractivity (Wildman–Crippen MR) is 75.6 cm³/mol. The smallest absolute Gasteiger partial charge is 0.147 e. The van der Waals surface area contributed by atoms with Crippen LogP contribution in [0, 0.1) is 0 Å². The van der Waals surface area contributed by atoms with Gasteiger partial charge >= 0.3 is 0 Å². The van der Waals surface area contributed by atoms with Crippen molar-refractivity contribution in [3.8, 4) is 11.1 Å². The molecule has 1 aliphatic carbocycles. The highest BCUT2D eigenvalue weighted by atomic mass is 32.1. The number of hydrogen-bond donors (Lipinski definition) is 2. The molecule has 5 heteroatoms. The van der Waals surface area contributed by atoms with E-state index in [1.54, 1.807) is 12.4 Å². The summed E-state index contributed by atoms with van der Waals surface area (Å²) < 4.78 is 4.27. The summed E-state index contributed by atoms with van der Waals surface area (Å²) in [5, 5.41) is 4.67. The average molecular weight is 260 g/mol. The van der Waals surface area contributed by atoms with Crippen LogP contribution in [0.4, 0.5) is 10.8 Å². The van der Waals surface area contributed by atoms with E-state index in [0.29, 0.717) is 11.9 Å². The predicted octanol–water partition coefficient (Wildman–Crippen LogP) is 3.14. The number of pyridine rings is 1. The molecule has 0 saturated heterocycles. The molecule has 2 heterocycles. The summed E-state index contributed by atoms with van der Waals surface area (Å²) in [6.45, 7) is 0. The van der Waals surface area contributed by atoms with Gasteiger partial charge in [0.2, 0.25) is 0 Å². The molecule has 2 aromatic rings. The van der Waals surface area contributed by atoms with Crippen molar-refractivity contribution in [3.63, 3.8) is 0 Å². The Labute approximate surface area is 110 Å². The van der Waals surface area contributed by atoms with Crippen LogP contribution in [0.3, 0.4) is 0 Å². The Hall–Kier alpha value is -1.62. The van der Waals surface area contributed by atoms with Gasteiger partial charge in [0.05, 0.1) is 5.56 Å². The molecule has 0 aromatic carbocycles. The first-order valence-corrected chi connectivity index (χ1v) is 7.04. The van der Waals surface area contributed by atoms with E-state index in [9.17, 15) is 0 Å². The van der Waals surface area contributed by atoms with Crippen molar-refractivity contribution in [1.29, 1.82) is 0 Å². The molecule has 0 atom stereocenters. The zero-order chi connectivity index (χ0) is 12.4. The fourth-order valence-electron chi connectivity index (χ4n) is 2.45. The van der Waals surface area contributed by atoms with Crippen molar-refractivity contribution in [2.75, 3.05) is 11.1 Å². The van der Waals surface area contributed by atoms with Crippen molar-refractivity contribution in [2.24, 2.45) is 0 Å². The van der Waals surface area contributed by atoms with Crippen LogP contribution in [0.25, 0.3) is 11.1 Å². The van der Waals surface area contributed by atoms with E-state index in [0.717, 1.165) is 16.1 Å². The maximum absolute atomic E-state index is 5.99. The number of nitrogens with zero attached hydrogens (tertiary/aromatic N) is 2. The van der Waals surface area contributed by atoms with E-state index in [-0.39, 0.29) is 0 Å². The van der Waals surface area contributed by atoms with Gasteiger partial charge in [-0.2, -0.15) is 4.37 Å². The summed E-state index contributed by atoms with van der Waals surface area (Å²) >= 11 is 1.45. The van der Waals surface area contributed by atoms with Crippen molar-refractivity contribution < 1.29 is 0 Å². The second-order valence-corrected chi connectivity index (χ2v) is 5.41. The number of nitrogens with two attached hydrogens (primary N) is 1. The number of hydrogen-bond acceptors (Lipinski definition) is 5. The first kappa shape index (κ1) is 11.5. The Morgan fingerprint density at radius 2 is 1.94 bits per heavy atom. The van der Waals surface area contributed by atoms with Crippen molar-refractivity contribution in [2.45, 2.75) is 31.7 Å². The summed E-state index contributed by atoms with van der Waals surface area (Å²) in [4.78, 5) is 4.04. The molecule has 18 heavy (non-hydrogen) atoms. The minimum atomic E-state index is 0.574. The quantitative estimate of drug-likeness (QED) is 0.890. The third-order valence-corrected chi connectivity index (χ3v) is 4.17. The largest absolute Gasteiger partial charge is 0.382 e. The molecule has 3 N–H and O–H groups in total. The second-order valence-electron chi connectivity index (χ2n) is 4.63. The molecular weight excluding hydrogens is 244 g/mol. The molecule has 94 valence electrons. The van der Waals surface area contributed by atoms with Crippen LogP contribution < -0.4 is 11.1 Å². The molecule has 1 aliphatic rings. The van der Waals surface area contributed by atoms with Crippen molar-refractivity contribution in [1.82, 2.24) is 9.36 Å². The normalized spacial score (nSPS) is 16.0. The van der Waals surface area contributed by atoms with Gasteiger partial charge in [-0.05, 0) is 42.1 Å². The monoisotopic (exact) mass is 260 g/mol. The summed E-state index contributed by atoms with van der Waals surface area (Å²) in [5.74, 6) is 0.603. The summed E-state index contributed by atoms with van der Waals surface area (Å²) in [6.07, 6.45) is 8.69. The highest BCUT2D eigenvalue weighted by Crippen LogP contribution is 2.38. The SMILES string of the molecule is Nc1nsc(NC2CCCC2)c1-c1ccncc1. The van der Waals surface area contributed by atoms with Gasteiger partial charge in [0.25, 0.3) is 0 Å². The Morgan fingerprint density at radius 3 is 2.67 bits per heavy atom. The van der Waals surface area contributed by atoms with E-state index in [4.69, 9.17) is 5.73 Å². The van der Waals surface area contributed by atoms with Gasteiger partial charge in [-0.1, -0.05) is 12.8 Å². The number of rotatable bonds is 3. The lowest BCUT2D eigenvalue weighted by Gasteiger charge is -2.13. The third-order valence-electron chi connectivity index (χ3n) is 3.38. The summed E-state index contributed by atoms with van der Waals surface area (Å²) in [7, 11) is 0. The van der Waals surface area contributed by atoms with Crippen LogP contribution >= 0.6 is 11.5 Å². The van der Waals surface area contributed by atoms with Gasteiger partial charge in [0.1, 0.15) is 10.8 Å². The van der Waals surface area contributed by atoms with Gasteiger partial charge in [-0.15, -0.1) is 0 Å². The molecule has 1 saturated carbocycles. The first-order valence-electron chi connectivity index (χ1n) is 6.26. The van der Waals surface area contributed by atoms with Gasteiger partial charge in [0, 0.05) is 18.4 Å². The summed E-state index contributed by atoms with van der Waals surface area (Å²) in [6, 6.07) is 4.52. The maximum atomic E-state index is 5.99. The number of nitrogen functional groups attached to an aromatic ring is 1. The highest BCUT2D eigenvalue weighted by molar-refractivity contribution is 7.11. The molecule has 0 aliphatic heterocycles. The summed E-state index contributed by atoms with van der Waals surface area (Å²) in [5.41, 5.74) is 8.09. The van der Waals surface area contributed by atoms with Gasteiger partial charge in [0.15, 0.2) is 0 Å². The molecule has 1 fully saturated rings. The van der Waals surface area contributed by atoms with Crippen molar-refractivity contribution in [3.05, 3.63) is 24.5 Å². The molecule has 0 unspecified atom stereocenters. The zero-order valence-electron chi connectivity index (χ0n) is 10.1. The number of aromatic nitrogens is 2. The first-order chi connectivity index (χ1) is 8.84. The second kappa shape index (κ2) is 4.94. The molecule has 0 amide bonds. The van der Waals surface area contributed by atoms with Crippen LogP contribution in [0.1, 0.15) is 25.7 Å². The fraction of sp³-hybridized carbons (Fsp3) is 0.385. The van der Waals surface area contributed by atoms with E-state index >= 15 is 0 Å². The van der Waals surface area contributed by atoms with E-state index < -0.39 is 0 Å². The topological polar surface area (TPSA) is 63.8 Å². The Kier molecular flexibility index (Phi) is 3.15. The molecule has 4 nitrogen and oxygen atoms in total. The van der Waals surface area contributed by atoms with Gasteiger partial charge in [-0.3, -0.25) is 4.98 Å². The molecule has 2 aromatic heterocycles. The number of anilines is 2. The molecular formula is C13H16N4S. The lowest BCUT2D eigenvalue weighted by atomic mass is 10.1. The van der Waals surface area contributed by atoms with Gasteiger partial charge in [-0.25, -0.2) is 0 Å². The van der Waals surface area contributed by atoms with Crippen LogP contribution in [0.5, 0.6) is 0 Å². The zero-order valence-corrected chi connectivity index (χ0v) is 10.9. The maximum Gasteiger partial charge on any atom is 0.147 e. The van der Waals surface area contributed by atoms with E-state index in [1.165, 1.54) is 37.2 Å². The van der Waals surface area contributed by atoms with Gasteiger partial charge < -0.3 is 11.1 Å². The standard InChI is InChI=1S/C13H16N4S/c14-12-11(9-5-7-15-8-6-9)13(18-17-12)16-10-3-1-2-4-10/h5-8,10,16H,1-4H2,(H2,14,17). The number of nitrogens with one attached hydrogen (secondary N) is 1. The van der Waals surface area contributed by atoms with Crippen LogP contribution in [-0.2, 0) is 0 Å². The lowest BCUT2D eigenvalue weighted by Crippen LogP contribution is -2.14. The lowest BCUT2D eigenvalue weighted by molar-refractivity contribution is 0.758. The Morgan fingerprint density at radius 1 is 1.22 bits per heavy atom. The minimum absolute atomic E-state index is 0.574. The highest BCUT2D eigenvalue weighted by Gasteiger charge is 2.19. The Bertz CT molecular complexity index is 517. The Balaban J connectivity index is 1.91. The third kappa shape index (κ3) is 2.18. The minimum Gasteiger partial charge on any atom is -0.382 e. The van der Waals surface area contributed by atoms with Crippen molar-refractivity contribution >= 4 is 22.4 Å². The molecule has 0 radical (unpaired) electrons. The van der Waals surface area contributed by atoms with Crippen LogP contribution in [0.2, 0.25) is 0 Å². The van der Waals surface area contributed by atoms with Crippen LogP contribution in [0.15, 0.2) is 24.5 Å². The fourth-order valence-corrected chi connectivity index (χ4v) is 3.27. The average Bonchev–Trinajstić information content (AvgIpc) is 3.02.